The van der Waals surface area contributed by atoms with Crippen molar-refractivity contribution in [2.45, 2.75) is 31.7 Å². The van der Waals surface area contributed by atoms with Crippen molar-refractivity contribution in [1.29, 1.82) is 0 Å². The van der Waals surface area contributed by atoms with Crippen LogP contribution in [0.2, 0.25) is 5.02 Å². The number of hydrogen-bond acceptors (Lipinski definition) is 1. The Hall–Kier alpha value is -0.540. The monoisotopic (exact) mass is 329 g/mol. The molecule has 1 fully saturated rings. The Kier molecular flexibility index (Phi) is 5.07. The number of alkyl halides is 1. The number of carbonyl (C=O) groups is 1. The molecule has 1 aliphatic rings. The van der Waals surface area contributed by atoms with E-state index >= 15 is 0 Å². The van der Waals surface area contributed by atoms with E-state index in [1.54, 1.807) is 24.3 Å². The summed E-state index contributed by atoms with van der Waals surface area (Å²) in [5.74, 6) is 0.123. The van der Waals surface area contributed by atoms with Crippen molar-refractivity contribution < 1.29 is 4.79 Å². The number of carbonyl (C=O) groups excluding carboxylic acids is 1. The molecule has 2 nitrogen and oxygen atoms in total. The predicted molar refractivity (Wildman–Crippen MR) is 78.5 cm³/mol. The molecule has 18 heavy (non-hydrogen) atoms. The minimum atomic E-state index is 0.123. The van der Waals surface area contributed by atoms with Gasteiger partial charge in [0.05, 0.1) is 0 Å². The summed E-state index contributed by atoms with van der Waals surface area (Å²) in [5.41, 5.74) is 0.729. The number of likely N-dealkylation sites (tertiary alicyclic amines) is 1. The van der Waals surface area contributed by atoms with Gasteiger partial charge >= 0.3 is 0 Å². The van der Waals surface area contributed by atoms with E-state index in [9.17, 15) is 4.79 Å². The molecule has 1 heterocycles. The number of halogens is 2. The van der Waals surface area contributed by atoms with Gasteiger partial charge < -0.3 is 4.90 Å². The van der Waals surface area contributed by atoms with Crippen LogP contribution in [0, 0.1) is 0 Å². The fourth-order valence-corrected chi connectivity index (χ4v) is 3.16. The second kappa shape index (κ2) is 6.58. The standard InChI is InChI=1S/C14H17BrClNO/c15-10-13-4-2-1-3-9-17(13)14(18)11-5-7-12(16)8-6-11/h5-8,13H,1-4,9-10H2. The molecule has 1 unspecified atom stereocenters. The quantitative estimate of drug-likeness (QED) is 0.747. The number of benzene rings is 1. The first-order valence-corrected chi connectivity index (χ1v) is 7.85. The van der Waals surface area contributed by atoms with Crippen LogP contribution >= 0.6 is 27.5 Å². The maximum atomic E-state index is 12.5. The van der Waals surface area contributed by atoms with E-state index < -0.39 is 0 Å². The van der Waals surface area contributed by atoms with Gasteiger partial charge in [-0.05, 0) is 37.1 Å². The Morgan fingerprint density at radius 2 is 2.00 bits per heavy atom. The van der Waals surface area contributed by atoms with Crippen molar-refractivity contribution in [3.8, 4) is 0 Å². The molecular formula is C14H17BrClNO. The highest BCUT2D eigenvalue weighted by Crippen LogP contribution is 2.21. The summed E-state index contributed by atoms with van der Waals surface area (Å²) in [7, 11) is 0. The molecule has 1 aromatic carbocycles. The van der Waals surface area contributed by atoms with Crippen LogP contribution in [-0.4, -0.2) is 28.7 Å². The highest BCUT2D eigenvalue weighted by atomic mass is 79.9. The molecule has 0 bridgehead atoms. The van der Waals surface area contributed by atoms with Crippen LogP contribution in [0.4, 0.5) is 0 Å². The molecule has 1 aromatic rings. The van der Waals surface area contributed by atoms with Gasteiger partial charge in [0.1, 0.15) is 0 Å². The average Bonchev–Trinajstić information content (AvgIpc) is 2.63. The van der Waals surface area contributed by atoms with Crippen LogP contribution in [-0.2, 0) is 0 Å². The third kappa shape index (κ3) is 3.27. The average molecular weight is 331 g/mol. The first kappa shape index (κ1) is 13.9. The molecule has 0 aromatic heterocycles. The minimum absolute atomic E-state index is 0.123. The van der Waals surface area contributed by atoms with Crippen LogP contribution in [0.5, 0.6) is 0 Å². The van der Waals surface area contributed by atoms with Crippen molar-refractivity contribution in [3.05, 3.63) is 34.9 Å². The molecule has 0 spiro atoms. The number of rotatable bonds is 2. The largest absolute Gasteiger partial charge is 0.335 e. The summed E-state index contributed by atoms with van der Waals surface area (Å²) in [5, 5.41) is 1.52. The van der Waals surface area contributed by atoms with Crippen molar-refractivity contribution >= 4 is 33.4 Å². The zero-order valence-electron chi connectivity index (χ0n) is 10.2. The molecule has 1 saturated heterocycles. The molecule has 2 rings (SSSR count). The summed E-state index contributed by atoms with van der Waals surface area (Å²) in [4.78, 5) is 14.5. The van der Waals surface area contributed by atoms with Gasteiger partial charge in [-0.25, -0.2) is 0 Å². The van der Waals surface area contributed by atoms with Crippen LogP contribution in [0.15, 0.2) is 24.3 Å². The maximum Gasteiger partial charge on any atom is 0.254 e. The van der Waals surface area contributed by atoms with Crippen molar-refractivity contribution in [2.75, 3.05) is 11.9 Å². The molecular weight excluding hydrogens is 314 g/mol. The Morgan fingerprint density at radius 3 is 2.67 bits per heavy atom. The van der Waals surface area contributed by atoms with E-state index in [4.69, 9.17) is 11.6 Å². The fraction of sp³-hybridized carbons (Fsp3) is 0.500. The van der Waals surface area contributed by atoms with Crippen molar-refractivity contribution in [2.24, 2.45) is 0 Å². The van der Waals surface area contributed by atoms with Gasteiger partial charge in [0.15, 0.2) is 0 Å². The van der Waals surface area contributed by atoms with Gasteiger partial charge in [-0.1, -0.05) is 40.4 Å². The summed E-state index contributed by atoms with van der Waals surface area (Å²) >= 11 is 9.38. The van der Waals surface area contributed by atoms with Crippen molar-refractivity contribution in [3.63, 3.8) is 0 Å². The number of amides is 1. The third-order valence-corrected chi connectivity index (χ3v) is 4.41. The van der Waals surface area contributed by atoms with Crippen LogP contribution in [0.3, 0.4) is 0 Å². The minimum Gasteiger partial charge on any atom is -0.335 e. The van der Waals surface area contributed by atoms with Crippen molar-refractivity contribution in [1.82, 2.24) is 4.90 Å². The lowest BCUT2D eigenvalue weighted by Crippen LogP contribution is -2.41. The number of nitrogens with zero attached hydrogens (tertiary/aromatic N) is 1. The normalized spacial score (nSPS) is 20.6. The third-order valence-electron chi connectivity index (χ3n) is 3.41. The Labute approximate surface area is 121 Å². The molecule has 0 N–H and O–H groups in total. The first-order valence-electron chi connectivity index (χ1n) is 6.35. The van der Waals surface area contributed by atoms with Crippen LogP contribution in [0.25, 0.3) is 0 Å². The molecule has 98 valence electrons. The van der Waals surface area contributed by atoms with Gasteiger partial charge in [0.25, 0.3) is 5.91 Å². The lowest BCUT2D eigenvalue weighted by molar-refractivity contribution is 0.0702. The first-order chi connectivity index (χ1) is 8.72. The second-order valence-electron chi connectivity index (χ2n) is 4.66. The smallest absolute Gasteiger partial charge is 0.254 e. The summed E-state index contributed by atoms with van der Waals surface area (Å²) < 4.78 is 0. The lowest BCUT2D eigenvalue weighted by Gasteiger charge is -2.28. The zero-order valence-corrected chi connectivity index (χ0v) is 12.6. The predicted octanol–water partition coefficient (Wildman–Crippen LogP) is 4.12. The van der Waals surface area contributed by atoms with Gasteiger partial charge in [-0.2, -0.15) is 0 Å². The Morgan fingerprint density at radius 1 is 1.28 bits per heavy atom. The van der Waals surface area contributed by atoms with Gasteiger partial charge in [0, 0.05) is 28.5 Å². The van der Waals surface area contributed by atoms with Gasteiger partial charge in [0.2, 0.25) is 0 Å². The Bertz CT molecular complexity index is 407. The molecule has 1 aliphatic heterocycles. The van der Waals surface area contributed by atoms with E-state index in [1.807, 2.05) is 4.90 Å². The highest BCUT2D eigenvalue weighted by molar-refractivity contribution is 9.09. The molecule has 4 heteroatoms. The van der Waals surface area contributed by atoms with Gasteiger partial charge in [-0.15, -0.1) is 0 Å². The summed E-state index contributed by atoms with van der Waals surface area (Å²) in [6.07, 6.45) is 4.61. The SMILES string of the molecule is O=C(c1ccc(Cl)cc1)N1CCCCCC1CBr. The lowest BCUT2D eigenvalue weighted by atomic mass is 10.1. The molecule has 0 saturated carbocycles. The fourth-order valence-electron chi connectivity index (χ4n) is 2.36. The van der Waals surface area contributed by atoms with E-state index in [2.05, 4.69) is 15.9 Å². The van der Waals surface area contributed by atoms with E-state index in [0.29, 0.717) is 11.1 Å². The van der Waals surface area contributed by atoms with Crippen LogP contribution < -0.4 is 0 Å². The molecule has 1 amide bonds. The summed E-state index contributed by atoms with van der Waals surface area (Å²) in [6, 6.07) is 7.48. The van der Waals surface area contributed by atoms with E-state index in [0.717, 1.165) is 30.3 Å². The maximum absolute atomic E-state index is 12.5. The topological polar surface area (TPSA) is 20.3 Å². The van der Waals surface area contributed by atoms with E-state index in [1.165, 1.54) is 12.8 Å². The van der Waals surface area contributed by atoms with Gasteiger partial charge in [-0.3, -0.25) is 4.79 Å². The second-order valence-corrected chi connectivity index (χ2v) is 5.75. The summed E-state index contributed by atoms with van der Waals surface area (Å²) in [6.45, 7) is 0.859. The molecule has 1 atom stereocenters. The zero-order chi connectivity index (χ0) is 13.0. The number of hydrogen-bond donors (Lipinski definition) is 0. The molecule has 0 aliphatic carbocycles. The highest BCUT2D eigenvalue weighted by Gasteiger charge is 2.25. The van der Waals surface area contributed by atoms with E-state index in [-0.39, 0.29) is 5.91 Å². The molecule has 0 radical (unpaired) electrons. The Balaban J connectivity index is 2.17. The van der Waals surface area contributed by atoms with Crippen LogP contribution in [0.1, 0.15) is 36.0 Å².